The van der Waals surface area contributed by atoms with Gasteiger partial charge in [-0.2, -0.15) is 0 Å². The molecule has 0 bridgehead atoms. The van der Waals surface area contributed by atoms with Crippen LogP contribution in [0.4, 0.5) is 0 Å². The van der Waals surface area contributed by atoms with Crippen molar-refractivity contribution in [3.05, 3.63) is 0 Å². The molecule has 1 atom stereocenters. The fourth-order valence-corrected chi connectivity index (χ4v) is 2.57. The summed E-state index contributed by atoms with van der Waals surface area (Å²) >= 11 is 0. The van der Waals surface area contributed by atoms with E-state index in [-0.39, 0.29) is 11.8 Å². The minimum atomic E-state index is 0.134. The van der Waals surface area contributed by atoms with Crippen LogP contribution in [0, 0.1) is 18.3 Å². The van der Waals surface area contributed by atoms with Gasteiger partial charge in [0.25, 0.3) is 0 Å². The van der Waals surface area contributed by atoms with Crippen LogP contribution in [0.5, 0.6) is 0 Å². The van der Waals surface area contributed by atoms with Crippen molar-refractivity contribution >= 4 is 5.91 Å². The van der Waals surface area contributed by atoms with E-state index in [0.29, 0.717) is 19.8 Å². The molecule has 0 aromatic rings. The van der Waals surface area contributed by atoms with E-state index in [1.807, 2.05) is 4.90 Å². The number of nitrogens with zero attached hydrogens (tertiary/aromatic N) is 2. The molecule has 0 radical (unpaired) electrons. The van der Waals surface area contributed by atoms with E-state index in [1.165, 1.54) is 0 Å². The maximum absolute atomic E-state index is 12.3. The quantitative estimate of drug-likeness (QED) is 0.642. The standard InChI is InChI=1S/C13H20N2O2/c1-2-5-14-6-3-4-12(11-14)13(16)15-7-9-17-10-8-15/h1,12H,3-11H2. The Labute approximate surface area is 103 Å². The second-order valence-electron chi connectivity index (χ2n) is 4.72. The lowest BCUT2D eigenvalue weighted by molar-refractivity contribution is -0.141. The number of rotatable bonds is 2. The van der Waals surface area contributed by atoms with E-state index in [9.17, 15) is 4.79 Å². The number of morpholine rings is 1. The Kier molecular flexibility index (Phi) is 4.41. The number of piperidine rings is 1. The molecule has 94 valence electrons. The van der Waals surface area contributed by atoms with Gasteiger partial charge in [0.2, 0.25) is 5.91 Å². The Bertz CT molecular complexity index is 305. The van der Waals surface area contributed by atoms with Crippen molar-refractivity contribution in [1.29, 1.82) is 0 Å². The fourth-order valence-electron chi connectivity index (χ4n) is 2.57. The van der Waals surface area contributed by atoms with Gasteiger partial charge in [0.15, 0.2) is 0 Å². The van der Waals surface area contributed by atoms with E-state index >= 15 is 0 Å². The molecule has 2 aliphatic rings. The second kappa shape index (κ2) is 6.04. The Morgan fingerprint density at radius 2 is 2.12 bits per heavy atom. The van der Waals surface area contributed by atoms with Crippen LogP contribution in [0.2, 0.25) is 0 Å². The summed E-state index contributed by atoms with van der Waals surface area (Å²) in [6, 6.07) is 0. The topological polar surface area (TPSA) is 32.8 Å². The van der Waals surface area contributed by atoms with Gasteiger partial charge in [-0.3, -0.25) is 9.69 Å². The summed E-state index contributed by atoms with van der Waals surface area (Å²) in [6.07, 6.45) is 7.39. The maximum Gasteiger partial charge on any atom is 0.227 e. The lowest BCUT2D eigenvalue weighted by Gasteiger charge is -2.35. The molecule has 2 fully saturated rings. The molecule has 4 nitrogen and oxygen atoms in total. The van der Waals surface area contributed by atoms with Crippen molar-refractivity contribution in [2.75, 3.05) is 45.9 Å². The fraction of sp³-hybridized carbons (Fsp3) is 0.769. The van der Waals surface area contributed by atoms with E-state index in [2.05, 4.69) is 10.8 Å². The molecule has 0 aliphatic carbocycles. The maximum atomic E-state index is 12.3. The number of ether oxygens (including phenoxy) is 1. The zero-order valence-electron chi connectivity index (χ0n) is 10.2. The molecule has 1 unspecified atom stereocenters. The average molecular weight is 236 g/mol. The third-order valence-electron chi connectivity index (χ3n) is 3.49. The Morgan fingerprint density at radius 1 is 1.35 bits per heavy atom. The molecule has 2 rings (SSSR count). The summed E-state index contributed by atoms with van der Waals surface area (Å²) in [5.41, 5.74) is 0. The first-order chi connectivity index (χ1) is 8.31. The molecule has 2 aliphatic heterocycles. The summed E-state index contributed by atoms with van der Waals surface area (Å²) in [5.74, 6) is 3.08. The van der Waals surface area contributed by atoms with E-state index in [0.717, 1.165) is 39.0 Å². The summed E-state index contributed by atoms with van der Waals surface area (Å²) in [6.45, 7) is 5.33. The minimum Gasteiger partial charge on any atom is -0.378 e. The van der Waals surface area contributed by atoms with E-state index in [4.69, 9.17) is 11.2 Å². The molecule has 0 aromatic heterocycles. The number of likely N-dealkylation sites (tertiary alicyclic amines) is 1. The van der Waals surface area contributed by atoms with Crippen molar-refractivity contribution < 1.29 is 9.53 Å². The highest BCUT2D eigenvalue weighted by Crippen LogP contribution is 2.19. The van der Waals surface area contributed by atoms with Crippen LogP contribution in [0.25, 0.3) is 0 Å². The zero-order valence-corrected chi connectivity index (χ0v) is 10.2. The van der Waals surface area contributed by atoms with E-state index < -0.39 is 0 Å². The summed E-state index contributed by atoms with van der Waals surface area (Å²) in [5, 5.41) is 0. The van der Waals surface area contributed by atoms with Crippen molar-refractivity contribution in [3.63, 3.8) is 0 Å². The molecule has 1 amide bonds. The first kappa shape index (κ1) is 12.4. The van der Waals surface area contributed by atoms with Crippen LogP contribution < -0.4 is 0 Å². The van der Waals surface area contributed by atoms with Crippen LogP contribution in [0.15, 0.2) is 0 Å². The Balaban J connectivity index is 1.87. The first-order valence-corrected chi connectivity index (χ1v) is 6.33. The van der Waals surface area contributed by atoms with Crippen LogP contribution in [0.3, 0.4) is 0 Å². The molecule has 4 heteroatoms. The van der Waals surface area contributed by atoms with Crippen molar-refractivity contribution in [1.82, 2.24) is 9.80 Å². The van der Waals surface area contributed by atoms with Crippen LogP contribution >= 0.6 is 0 Å². The van der Waals surface area contributed by atoms with Crippen molar-refractivity contribution in [2.24, 2.45) is 5.92 Å². The number of carbonyl (C=O) groups is 1. The van der Waals surface area contributed by atoms with Gasteiger partial charge in [-0.05, 0) is 19.4 Å². The molecule has 0 N–H and O–H groups in total. The van der Waals surface area contributed by atoms with Crippen LogP contribution in [-0.4, -0.2) is 61.6 Å². The van der Waals surface area contributed by atoms with Gasteiger partial charge in [-0.1, -0.05) is 5.92 Å². The molecular formula is C13H20N2O2. The second-order valence-corrected chi connectivity index (χ2v) is 4.72. The smallest absolute Gasteiger partial charge is 0.227 e. The minimum absolute atomic E-state index is 0.134. The normalized spacial score (nSPS) is 26.5. The van der Waals surface area contributed by atoms with Crippen molar-refractivity contribution in [2.45, 2.75) is 12.8 Å². The summed E-state index contributed by atoms with van der Waals surface area (Å²) in [7, 11) is 0. The van der Waals surface area contributed by atoms with Gasteiger partial charge < -0.3 is 9.64 Å². The van der Waals surface area contributed by atoms with Crippen LogP contribution in [-0.2, 0) is 9.53 Å². The van der Waals surface area contributed by atoms with E-state index in [1.54, 1.807) is 0 Å². The van der Waals surface area contributed by atoms with Gasteiger partial charge in [-0.15, -0.1) is 6.42 Å². The highest BCUT2D eigenvalue weighted by Gasteiger charge is 2.29. The highest BCUT2D eigenvalue weighted by molar-refractivity contribution is 5.79. The SMILES string of the molecule is C#CCN1CCCC(C(=O)N2CCOCC2)C1. The van der Waals surface area contributed by atoms with Crippen molar-refractivity contribution in [3.8, 4) is 12.3 Å². The number of hydrogen-bond acceptors (Lipinski definition) is 3. The zero-order chi connectivity index (χ0) is 12.1. The Morgan fingerprint density at radius 3 is 2.82 bits per heavy atom. The molecule has 0 saturated carbocycles. The molecular weight excluding hydrogens is 216 g/mol. The molecule has 0 spiro atoms. The Hall–Kier alpha value is -1.05. The highest BCUT2D eigenvalue weighted by atomic mass is 16.5. The largest absolute Gasteiger partial charge is 0.378 e. The van der Waals surface area contributed by atoms with Gasteiger partial charge in [0, 0.05) is 19.6 Å². The molecule has 2 heterocycles. The third-order valence-corrected chi connectivity index (χ3v) is 3.49. The predicted molar refractivity (Wildman–Crippen MR) is 65.4 cm³/mol. The van der Waals surface area contributed by atoms with Gasteiger partial charge in [0.1, 0.15) is 0 Å². The summed E-state index contributed by atoms with van der Waals surface area (Å²) < 4.78 is 5.27. The van der Waals surface area contributed by atoms with Gasteiger partial charge in [0.05, 0.1) is 25.7 Å². The summed E-state index contributed by atoms with van der Waals surface area (Å²) in [4.78, 5) is 16.4. The van der Waals surface area contributed by atoms with Gasteiger partial charge in [-0.25, -0.2) is 0 Å². The lowest BCUT2D eigenvalue weighted by Crippen LogP contribution is -2.48. The first-order valence-electron chi connectivity index (χ1n) is 6.33. The van der Waals surface area contributed by atoms with Crippen LogP contribution in [0.1, 0.15) is 12.8 Å². The number of terminal acetylenes is 1. The predicted octanol–water partition coefficient (Wildman–Crippen LogP) is 0.190. The van der Waals surface area contributed by atoms with Gasteiger partial charge >= 0.3 is 0 Å². The molecule has 17 heavy (non-hydrogen) atoms. The number of amides is 1. The average Bonchev–Trinajstić information content (AvgIpc) is 2.40. The monoisotopic (exact) mass is 236 g/mol. The number of hydrogen-bond donors (Lipinski definition) is 0. The molecule has 0 aromatic carbocycles. The lowest BCUT2D eigenvalue weighted by atomic mass is 9.96. The molecule has 2 saturated heterocycles. The number of carbonyl (C=O) groups excluding carboxylic acids is 1. The third kappa shape index (κ3) is 3.21.